The first-order valence-corrected chi connectivity index (χ1v) is 4.25. The highest BCUT2D eigenvalue weighted by Crippen LogP contribution is 1.92. The molecule has 2 amide bonds. The molecule has 0 aliphatic rings. The molecule has 0 aromatic heterocycles. The lowest BCUT2D eigenvalue weighted by molar-refractivity contribution is -0.130. The van der Waals surface area contributed by atoms with Crippen molar-refractivity contribution in [2.45, 2.75) is 19.9 Å². The molecule has 0 aliphatic heterocycles. The van der Waals surface area contributed by atoms with E-state index in [0.717, 1.165) is 0 Å². The minimum Gasteiger partial charge on any atom is -0.357 e. The molecular formula is C8H17N3O2. The molecule has 0 radical (unpaired) electrons. The van der Waals surface area contributed by atoms with E-state index in [1.54, 1.807) is 13.8 Å². The van der Waals surface area contributed by atoms with Gasteiger partial charge in [-0.15, -0.1) is 0 Å². The Bertz CT molecular complexity index is 194. The monoisotopic (exact) mass is 187 g/mol. The number of carbonyl (C=O) groups excluding carboxylic acids is 2. The molecule has 4 N–H and O–H groups in total. The highest BCUT2D eigenvalue weighted by Gasteiger charge is 2.17. The summed E-state index contributed by atoms with van der Waals surface area (Å²) in [6, 6.07) is -0.508. The Morgan fingerprint density at radius 1 is 1.31 bits per heavy atom. The molecule has 0 rings (SSSR count). The molecule has 0 saturated heterocycles. The summed E-state index contributed by atoms with van der Waals surface area (Å²) in [5.41, 5.74) is 5.30. The maximum absolute atomic E-state index is 11.2. The van der Waals surface area contributed by atoms with Crippen molar-refractivity contribution in [3.8, 4) is 0 Å². The molecule has 13 heavy (non-hydrogen) atoms. The van der Waals surface area contributed by atoms with Crippen molar-refractivity contribution in [3.63, 3.8) is 0 Å². The Morgan fingerprint density at radius 2 is 1.85 bits per heavy atom. The van der Waals surface area contributed by atoms with Gasteiger partial charge in [0.15, 0.2) is 0 Å². The van der Waals surface area contributed by atoms with Gasteiger partial charge in [-0.3, -0.25) is 9.59 Å². The van der Waals surface area contributed by atoms with Gasteiger partial charge in [-0.25, -0.2) is 0 Å². The summed E-state index contributed by atoms with van der Waals surface area (Å²) < 4.78 is 0. The largest absolute Gasteiger partial charge is 0.357 e. The van der Waals surface area contributed by atoms with Crippen LogP contribution in [-0.4, -0.2) is 31.4 Å². The molecule has 0 saturated carbocycles. The minimum atomic E-state index is -0.508. The van der Waals surface area contributed by atoms with Crippen molar-refractivity contribution in [2.75, 3.05) is 13.6 Å². The third kappa shape index (κ3) is 3.89. The fraction of sp³-hybridized carbons (Fsp3) is 0.750. The summed E-state index contributed by atoms with van der Waals surface area (Å²) in [4.78, 5) is 22.2. The van der Waals surface area contributed by atoms with Crippen molar-refractivity contribution in [1.82, 2.24) is 10.6 Å². The van der Waals surface area contributed by atoms with Crippen LogP contribution in [-0.2, 0) is 9.59 Å². The smallest absolute Gasteiger partial charge is 0.242 e. The van der Waals surface area contributed by atoms with Crippen LogP contribution in [0.2, 0.25) is 0 Å². The van der Waals surface area contributed by atoms with Crippen molar-refractivity contribution in [1.29, 1.82) is 0 Å². The SMILES string of the molecule is CNC(=O)C(C)NC(=O)C(C)CN. The number of nitrogens with two attached hydrogens (primary N) is 1. The highest BCUT2D eigenvalue weighted by atomic mass is 16.2. The number of likely N-dealkylation sites (N-methyl/N-ethyl adjacent to an activating group) is 1. The predicted octanol–water partition coefficient (Wildman–Crippen LogP) is -1.17. The Hall–Kier alpha value is -1.10. The van der Waals surface area contributed by atoms with E-state index in [1.807, 2.05) is 0 Å². The third-order valence-corrected chi connectivity index (χ3v) is 1.80. The summed E-state index contributed by atoms with van der Waals surface area (Å²) in [5, 5.41) is 4.99. The molecular weight excluding hydrogens is 170 g/mol. The second-order valence-corrected chi connectivity index (χ2v) is 2.98. The molecule has 2 unspecified atom stereocenters. The Balaban J connectivity index is 3.98. The van der Waals surface area contributed by atoms with Crippen molar-refractivity contribution in [3.05, 3.63) is 0 Å². The molecule has 0 fully saturated rings. The number of nitrogens with one attached hydrogen (secondary N) is 2. The van der Waals surface area contributed by atoms with Gasteiger partial charge in [0.1, 0.15) is 6.04 Å². The van der Waals surface area contributed by atoms with Crippen LogP contribution in [0.5, 0.6) is 0 Å². The zero-order valence-corrected chi connectivity index (χ0v) is 8.26. The zero-order chi connectivity index (χ0) is 10.4. The van der Waals surface area contributed by atoms with Gasteiger partial charge in [0, 0.05) is 19.5 Å². The van der Waals surface area contributed by atoms with Gasteiger partial charge in [-0.1, -0.05) is 6.92 Å². The van der Waals surface area contributed by atoms with Crippen LogP contribution < -0.4 is 16.4 Å². The molecule has 5 heteroatoms. The molecule has 5 nitrogen and oxygen atoms in total. The lowest BCUT2D eigenvalue weighted by Crippen LogP contribution is -2.46. The van der Waals surface area contributed by atoms with E-state index in [-0.39, 0.29) is 24.3 Å². The molecule has 0 aromatic carbocycles. The number of rotatable bonds is 4. The Kier molecular flexibility index (Phi) is 5.06. The van der Waals surface area contributed by atoms with E-state index >= 15 is 0 Å². The van der Waals surface area contributed by atoms with E-state index in [9.17, 15) is 9.59 Å². The van der Waals surface area contributed by atoms with Crippen LogP contribution in [0.4, 0.5) is 0 Å². The molecule has 2 atom stereocenters. The Labute approximate surface area is 78.1 Å². The number of hydrogen-bond donors (Lipinski definition) is 3. The first kappa shape index (κ1) is 11.9. The van der Waals surface area contributed by atoms with Crippen molar-refractivity contribution in [2.24, 2.45) is 11.7 Å². The van der Waals surface area contributed by atoms with E-state index in [2.05, 4.69) is 10.6 Å². The van der Waals surface area contributed by atoms with Crippen LogP contribution in [0, 0.1) is 5.92 Å². The summed E-state index contributed by atoms with van der Waals surface area (Å²) in [5.74, 6) is -0.664. The number of carbonyl (C=O) groups is 2. The predicted molar refractivity (Wildman–Crippen MR) is 49.9 cm³/mol. The van der Waals surface area contributed by atoms with Crippen molar-refractivity contribution >= 4 is 11.8 Å². The van der Waals surface area contributed by atoms with Gasteiger partial charge in [-0.2, -0.15) is 0 Å². The molecule has 0 spiro atoms. The maximum Gasteiger partial charge on any atom is 0.242 e. The summed E-state index contributed by atoms with van der Waals surface area (Å²) >= 11 is 0. The van der Waals surface area contributed by atoms with Crippen LogP contribution >= 0.6 is 0 Å². The van der Waals surface area contributed by atoms with E-state index in [1.165, 1.54) is 7.05 Å². The van der Waals surface area contributed by atoms with Gasteiger partial charge in [0.05, 0.1) is 0 Å². The normalized spacial score (nSPS) is 14.5. The van der Waals surface area contributed by atoms with E-state index < -0.39 is 6.04 Å². The lowest BCUT2D eigenvalue weighted by atomic mass is 10.1. The second-order valence-electron chi connectivity index (χ2n) is 2.98. The topological polar surface area (TPSA) is 84.2 Å². The van der Waals surface area contributed by atoms with Crippen LogP contribution in [0.1, 0.15) is 13.8 Å². The second kappa shape index (κ2) is 5.53. The zero-order valence-electron chi connectivity index (χ0n) is 8.26. The molecule has 76 valence electrons. The fourth-order valence-electron chi connectivity index (χ4n) is 0.745. The maximum atomic E-state index is 11.2. The standard InChI is InChI=1S/C8H17N3O2/c1-5(4-9)7(12)11-6(2)8(13)10-3/h5-6H,4,9H2,1-3H3,(H,10,13)(H,11,12). The lowest BCUT2D eigenvalue weighted by Gasteiger charge is -2.14. The summed E-state index contributed by atoms with van der Waals surface area (Å²) in [7, 11) is 1.53. The Morgan fingerprint density at radius 3 is 2.23 bits per heavy atom. The number of hydrogen-bond acceptors (Lipinski definition) is 3. The molecule has 0 aromatic rings. The van der Waals surface area contributed by atoms with E-state index in [4.69, 9.17) is 5.73 Å². The van der Waals surface area contributed by atoms with Gasteiger partial charge in [0.25, 0.3) is 0 Å². The molecule has 0 bridgehead atoms. The number of amides is 2. The van der Waals surface area contributed by atoms with Crippen LogP contribution in [0.15, 0.2) is 0 Å². The van der Waals surface area contributed by atoms with Crippen molar-refractivity contribution < 1.29 is 9.59 Å². The van der Waals surface area contributed by atoms with Gasteiger partial charge >= 0.3 is 0 Å². The van der Waals surface area contributed by atoms with Crippen LogP contribution in [0.3, 0.4) is 0 Å². The highest BCUT2D eigenvalue weighted by molar-refractivity contribution is 5.87. The first-order chi connectivity index (χ1) is 6.02. The quantitative estimate of drug-likeness (QED) is 0.518. The summed E-state index contributed by atoms with van der Waals surface area (Å²) in [6.45, 7) is 3.62. The van der Waals surface area contributed by atoms with Crippen LogP contribution in [0.25, 0.3) is 0 Å². The van der Waals surface area contributed by atoms with Gasteiger partial charge in [-0.05, 0) is 6.92 Å². The fourth-order valence-corrected chi connectivity index (χ4v) is 0.745. The average molecular weight is 187 g/mol. The molecule has 0 heterocycles. The van der Waals surface area contributed by atoms with Gasteiger partial charge in [0.2, 0.25) is 11.8 Å². The summed E-state index contributed by atoms with van der Waals surface area (Å²) in [6.07, 6.45) is 0. The first-order valence-electron chi connectivity index (χ1n) is 4.25. The van der Waals surface area contributed by atoms with Gasteiger partial charge < -0.3 is 16.4 Å². The average Bonchev–Trinajstić information content (AvgIpc) is 2.14. The molecule has 0 aliphatic carbocycles. The minimum absolute atomic E-state index is 0.196. The third-order valence-electron chi connectivity index (χ3n) is 1.80. The van der Waals surface area contributed by atoms with E-state index in [0.29, 0.717) is 0 Å².